The highest BCUT2D eigenvalue weighted by Gasteiger charge is 2.31. The van der Waals surface area contributed by atoms with Crippen LogP contribution in [0.3, 0.4) is 0 Å². The van der Waals surface area contributed by atoms with Gasteiger partial charge in [-0.25, -0.2) is 4.98 Å². The molecular weight excluding hydrogens is 240 g/mol. The molecule has 0 aliphatic carbocycles. The summed E-state index contributed by atoms with van der Waals surface area (Å²) in [7, 11) is 0. The third-order valence-electron chi connectivity index (χ3n) is 3.63. The summed E-state index contributed by atoms with van der Waals surface area (Å²) in [6.07, 6.45) is 1.54. The maximum Gasteiger partial charge on any atom is 0.274 e. The summed E-state index contributed by atoms with van der Waals surface area (Å²) in [5.74, 6) is 0.246. The lowest BCUT2D eigenvalue weighted by Gasteiger charge is -2.15. The number of nitrogens with zero attached hydrogens (tertiary/aromatic N) is 3. The van der Waals surface area contributed by atoms with Crippen molar-refractivity contribution in [2.24, 2.45) is 11.7 Å². The Morgan fingerprint density at radius 1 is 1.32 bits per heavy atom. The van der Waals surface area contributed by atoms with E-state index in [4.69, 9.17) is 5.73 Å². The molecule has 2 unspecified atom stereocenters. The van der Waals surface area contributed by atoms with Crippen LogP contribution in [0.4, 0.5) is 0 Å². The van der Waals surface area contributed by atoms with Crippen LogP contribution in [0.1, 0.15) is 17.4 Å². The van der Waals surface area contributed by atoms with E-state index in [0.717, 1.165) is 11.0 Å². The minimum absolute atomic E-state index is 0.0531. The van der Waals surface area contributed by atoms with Gasteiger partial charge in [-0.2, -0.15) is 0 Å². The molecule has 0 spiro atoms. The van der Waals surface area contributed by atoms with Crippen molar-refractivity contribution in [2.45, 2.75) is 13.0 Å². The zero-order valence-corrected chi connectivity index (χ0v) is 10.8. The van der Waals surface area contributed by atoms with Gasteiger partial charge in [0.15, 0.2) is 0 Å². The predicted octanol–water partition coefficient (Wildman–Crippen LogP) is 1.05. The molecule has 2 aromatic rings. The van der Waals surface area contributed by atoms with Crippen LogP contribution in [0.15, 0.2) is 30.5 Å². The van der Waals surface area contributed by atoms with E-state index in [1.807, 2.05) is 24.3 Å². The van der Waals surface area contributed by atoms with E-state index in [1.165, 1.54) is 0 Å². The first-order valence-electron chi connectivity index (χ1n) is 6.42. The smallest absolute Gasteiger partial charge is 0.274 e. The Morgan fingerprint density at radius 3 is 2.74 bits per heavy atom. The number of carbonyl (C=O) groups is 1. The number of amides is 1. The highest BCUT2D eigenvalue weighted by atomic mass is 16.2. The van der Waals surface area contributed by atoms with Crippen molar-refractivity contribution in [2.75, 3.05) is 13.1 Å². The summed E-state index contributed by atoms with van der Waals surface area (Å²) < 4.78 is 0. The van der Waals surface area contributed by atoms with E-state index in [-0.39, 0.29) is 11.9 Å². The normalized spacial score (nSPS) is 22.9. The summed E-state index contributed by atoms with van der Waals surface area (Å²) in [5, 5.41) is 0. The SMILES string of the molecule is CC1CN(C(=O)c2cnc3ccccc3n2)CC1N. The zero-order valence-electron chi connectivity index (χ0n) is 10.8. The maximum absolute atomic E-state index is 12.3. The Labute approximate surface area is 111 Å². The van der Waals surface area contributed by atoms with Crippen molar-refractivity contribution in [3.63, 3.8) is 0 Å². The molecule has 1 aromatic carbocycles. The fourth-order valence-corrected chi connectivity index (χ4v) is 2.38. The van der Waals surface area contributed by atoms with E-state index in [0.29, 0.717) is 24.7 Å². The summed E-state index contributed by atoms with van der Waals surface area (Å²) in [6.45, 7) is 3.34. The third kappa shape index (κ3) is 2.17. The predicted molar refractivity (Wildman–Crippen MR) is 72.6 cm³/mol. The van der Waals surface area contributed by atoms with E-state index >= 15 is 0 Å². The number of hydrogen-bond donors (Lipinski definition) is 1. The molecule has 5 nitrogen and oxygen atoms in total. The van der Waals surface area contributed by atoms with Gasteiger partial charge in [-0.1, -0.05) is 19.1 Å². The number of nitrogens with two attached hydrogens (primary N) is 1. The van der Waals surface area contributed by atoms with Gasteiger partial charge in [0.05, 0.1) is 17.2 Å². The van der Waals surface area contributed by atoms with Gasteiger partial charge in [-0.15, -0.1) is 0 Å². The van der Waals surface area contributed by atoms with Crippen molar-refractivity contribution in [1.82, 2.24) is 14.9 Å². The molecule has 1 fully saturated rings. The minimum atomic E-state index is -0.0851. The molecule has 3 rings (SSSR count). The minimum Gasteiger partial charge on any atom is -0.335 e. The summed E-state index contributed by atoms with van der Waals surface area (Å²) in [4.78, 5) is 22.8. The van der Waals surface area contributed by atoms with Crippen LogP contribution in [0.25, 0.3) is 11.0 Å². The second-order valence-electron chi connectivity index (χ2n) is 5.10. The maximum atomic E-state index is 12.3. The molecule has 2 N–H and O–H groups in total. The fourth-order valence-electron chi connectivity index (χ4n) is 2.38. The molecule has 0 saturated carbocycles. The molecule has 1 saturated heterocycles. The number of hydrogen-bond acceptors (Lipinski definition) is 4. The number of rotatable bonds is 1. The molecule has 0 radical (unpaired) electrons. The Balaban J connectivity index is 1.90. The number of likely N-dealkylation sites (tertiary alicyclic amines) is 1. The van der Waals surface area contributed by atoms with E-state index in [9.17, 15) is 4.79 Å². The van der Waals surface area contributed by atoms with Gasteiger partial charge in [0.25, 0.3) is 5.91 Å². The van der Waals surface area contributed by atoms with Crippen LogP contribution >= 0.6 is 0 Å². The van der Waals surface area contributed by atoms with Crippen LogP contribution < -0.4 is 5.73 Å². The fraction of sp³-hybridized carbons (Fsp3) is 0.357. The monoisotopic (exact) mass is 256 g/mol. The molecule has 1 aliphatic heterocycles. The Hall–Kier alpha value is -2.01. The highest BCUT2D eigenvalue weighted by Crippen LogP contribution is 2.17. The molecule has 2 heterocycles. The van der Waals surface area contributed by atoms with Gasteiger partial charge in [0.2, 0.25) is 0 Å². The van der Waals surface area contributed by atoms with Crippen molar-refractivity contribution in [3.8, 4) is 0 Å². The van der Waals surface area contributed by atoms with Crippen molar-refractivity contribution < 1.29 is 4.79 Å². The third-order valence-corrected chi connectivity index (χ3v) is 3.63. The molecule has 1 aromatic heterocycles. The molecule has 5 heteroatoms. The Bertz CT molecular complexity index is 618. The number of fused-ring (bicyclic) bond motifs is 1. The van der Waals surface area contributed by atoms with Gasteiger partial charge in [0.1, 0.15) is 5.69 Å². The molecule has 19 heavy (non-hydrogen) atoms. The van der Waals surface area contributed by atoms with E-state index in [2.05, 4.69) is 16.9 Å². The number of benzene rings is 1. The average molecular weight is 256 g/mol. The first-order valence-corrected chi connectivity index (χ1v) is 6.42. The van der Waals surface area contributed by atoms with Crippen LogP contribution in [-0.4, -0.2) is 39.9 Å². The number of para-hydroxylation sites is 2. The van der Waals surface area contributed by atoms with E-state index in [1.54, 1.807) is 11.1 Å². The number of carbonyl (C=O) groups excluding carboxylic acids is 1. The first-order chi connectivity index (χ1) is 9.15. The molecule has 0 bridgehead atoms. The summed E-state index contributed by atoms with van der Waals surface area (Å²) in [6, 6.07) is 7.58. The second-order valence-corrected chi connectivity index (χ2v) is 5.10. The van der Waals surface area contributed by atoms with Crippen molar-refractivity contribution >= 4 is 16.9 Å². The van der Waals surface area contributed by atoms with Crippen LogP contribution in [0.2, 0.25) is 0 Å². The lowest BCUT2D eigenvalue weighted by molar-refractivity contribution is 0.0781. The number of aromatic nitrogens is 2. The largest absolute Gasteiger partial charge is 0.335 e. The van der Waals surface area contributed by atoms with Gasteiger partial charge >= 0.3 is 0 Å². The Morgan fingerprint density at radius 2 is 2.05 bits per heavy atom. The standard InChI is InChI=1S/C14H16N4O/c1-9-7-18(8-10(9)15)14(19)13-6-16-11-4-2-3-5-12(11)17-13/h2-6,9-10H,7-8,15H2,1H3. The molecule has 98 valence electrons. The van der Waals surface area contributed by atoms with Crippen LogP contribution in [-0.2, 0) is 0 Å². The first kappa shape index (κ1) is 12.0. The Kier molecular flexibility index (Phi) is 2.91. The van der Waals surface area contributed by atoms with Crippen LogP contribution in [0, 0.1) is 5.92 Å². The van der Waals surface area contributed by atoms with E-state index < -0.39 is 0 Å². The lowest BCUT2D eigenvalue weighted by atomic mass is 10.1. The topological polar surface area (TPSA) is 72.1 Å². The summed E-state index contributed by atoms with van der Waals surface area (Å²) >= 11 is 0. The zero-order chi connectivity index (χ0) is 13.4. The summed E-state index contributed by atoms with van der Waals surface area (Å²) in [5.41, 5.74) is 7.87. The quantitative estimate of drug-likeness (QED) is 0.827. The van der Waals surface area contributed by atoms with Crippen molar-refractivity contribution in [1.29, 1.82) is 0 Å². The molecular formula is C14H16N4O. The van der Waals surface area contributed by atoms with Gasteiger partial charge in [0, 0.05) is 19.1 Å². The molecule has 1 aliphatic rings. The second kappa shape index (κ2) is 4.59. The van der Waals surface area contributed by atoms with Gasteiger partial charge in [-0.3, -0.25) is 9.78 Å². The lowest BCUT2D eigenvalue weighted by Crippen LogP contribution is -2.32. The highest BCUT2D eigenvalue weighted by molar-refractivity contribution is 5.94. The van der Waals surface area contributed by atoms with Gasteiger partial charge < -0.3 is 10.6 Å². The molecule has 2 atom stereocenters. The van der Waals surface area contributed by atoms with Crippen molar-refractivity contribution in [3.05, 3.63) is 36.2 Å². The van der Waals surface area contributed by atoms with Crippen LogP contribution in [0.5, 0.6) is 0 Å². The average Bonchev–Trinajstić information content (AvgIpc) is 2.77. The molecule has 1 amide bonds. The van der Waals surface area contributed by atoms with Gasteiger partial charge in [-0.05, 0) is 18.1 Å².